The van der Waals surface area contributed by atoms with E-state index in [4.69, 9.17) is 11.6 Å². The van der Waals surface area contributed by atoms with Crippen LogP contribution in [0.2, 0.25) is 5.02 Å². The predicted octanol–water partition coefficient (Wildman–Crippen LogP) is 1.53. The summed E-state index contributed by atoms with van der Waals surface area (Å²) in [7, 11) is 0. The van der Waals surface area contributed by atoms with Crippen LogP contribution >= 0.6 is 11.6 Å². The number of hydrogen-bond acceptors (Lipinski definition) is 4. The van der Waals surface area contributed by atoms with Gasteiger partial charge in [0.05, 0.1) is 23.2 Å². The second-order valence-corrected chi connectivity index (χ2v) is 5.09. The van der Waals surface area contributed by atoms with Gasteiger partial charge in [-0.2, -0.15) is 10.1 Å². The highest BCUT2D eigenvalue weighted by molar-refractivity contribution is 6.33. The van der Waals surface area contributed by atoms with Gasteiger partial charge in [-0.15, -0.1) is 0 Å². The number of carbonyl (C=O) groups is 2. The van der Waals surface area contributed by atoms with Crippen LogP contribution in [-0.2, 0) is 16.1 Å². The Bertz CT molecular complexity index is 699. The second kappa shape index (κ2) is 5.53. The maximum absolute atomic E-state index is 12.0. The van der Waals surface area contributed by atoms with E-state index in [1.165, 1.54) is 6.33 Å². The molecule has 1 aromatic carbocycles. The normalized spacial score (nSPS) is 17.0. The van der Waals surface area contributed by atoms with E-state index in [2.05, 4.69) is 20.7 Å². The van der Waals surface area contributed by atoms with Crippen LogP contribution in [0.5, 0.6) is 0 Å². The van der Waals surface area contributed by atoms with Gasteiger partial charge >= 0.3 is 0 Å². The molecule has 0 unspecified atom stereocenters. The SMILES string of the molecule is O=C(C[C@H]1Cn2ncnc2NC1=O)Nc1ccccc1Cl. The summed E-state index contributed by atoms with van der Waals surface area (Å²) in [4.78, 5) is 27.8. The number of halogens is 1. The highest BCUT2D eigenvalue weighted by Crippen LogP contribution is 2.22. The van der Waals surface area contributed by atoms with Crippen molar-refractivity contribution in [3.05, 3.63) is 35.6 Å². The van der Waals surface area contributed by atoms with Crippen molar-refractivity contribution in [1.29, 1.82) is 0 Å². The molecule has 0 bridgehead atoms. The summed E-state index contributed by atoms with van der Waals surface area (Å²) in [6.45, 7) is 0.330. The molecule has 108 valence electrons. The Labute approximate surface area is 125 Å². The fourth-order valence-electron chi connectivity index (χ4n) is 2.14. The van der Waals surface area contributed by atoms with E-state index < -0.39 is 5.92 Å². The summed E-state index contributed by atoms with van der Waals surface area (Å²) >= 11 is 5.98. The number of anilines is 2. The summed E-state index contributed by atoms with van der Waals surface area (Å²) in [6.07, 6.45) is 1.41. The van der Waals surface area contributed by atoms with Crippen molar-refractivity contribution in [3.8, 4) is 0 Å². The monoisotopic (exact) mass is 305 g/mol. The molecule has 8 heteroatoms. The Morgan fingerprint density at radius 2 is 2.29 bits per heavy atom. The average molecular weight is 306 g/mol. The lowest BCUT2D eigenvalue weighted by atomic mass is 10.0. The molecule has 1 aromatic heterocycles. The first kappa shape index (κ1) is 13.6. The Balaban J connectivity index is 1.66. The largest absolute Gasteiger partial charge is 0.325 e. The highest BCUT2D eigenvalue weighted by atomic mass is 35.5. The number of aromatic nitrogens is 3. The van der Waals surface area contributed by atoms with Gasteiger partial charge < -0.3 is 5.32 Å². The zero-order chi connectivity index (χ0) is 14.8. The first-order valence-corrected chi connectivity index (χ1v) is 6.74. The number of para-hydroxylation sites is 1. The molecule has 0 aliphatic carbocycles. The molecular weight excluding hydrogens is 294 g/mol. The lowest BCUT2D eigenvalue weighted by Gasteiger charge is -2.21. The molecule has 2 heterocycles. The minimum atomic E-state index is -0.485. The van der Waals surface area contributed by atoms with Crippen molar-refractivity contribution in [2.75, 3.05) is 10.6 Å². The molecule has 0 radical (unpaired) electrons. The molecule has 21 heavy (non-hydrogen) atoms. The molecule has 1 atom stereocenters. The smallest absolute Gasteiger partial charge is 0.232 e. The van der Waals surface area contributed by atoms with E-state index in [1.807, 2.05) is 0 Å². The zero-order valence-electron chi connectivity index (χ0n) is 10.9. The van der Waals surface area contributed by atoms with Crippen LogP contribution in [0, 0.1) is 5.92 Å². The highest BCUT2D eigenvalue weighted by Gasteiger charge is 2.29. The van der Waals surface area contributed by atoms with Crippen molar-refractivity contribution >= 4 is 35.1 Å². The van der Waals surface area contributed by atoms with Gasteiger partial charge in [0, 0.05) is 6.42 Å². The van der Waals surface area contributed by atoms with Crippen LogP contribution in [0.4, 0.5) is 11.6 Å². The van der Waals surface area contributed by atoms with E-state index in [0.29, 0.717) is 23.2 Å². The Morgan fingerprint density at radius 1 is 1.48 bits per heavy atom. The van der Waals surface area contributed by atoms with E-state index in [1.54, 1.807) is 28.9 Å². The van der Waals surface area contributed by atoms with Crippen LogP contribution in [0.25, 0.3) is 0 Å². The van der Waals surface area contributed by atoms with E-state index >= 15 is 0 Å². The molecular formula is C13H12ClN5O2. The number of amides is 2. The van der Waals surface area contributed by atoms with Crippen LogP contribution in [-0.4, -0.2) is 26.6 Å². The standard InChI is InChI=1S/C13H12ClN5O2/c14-9-3-1-2-4-10(9)17-11(20)5-8-6-19-13(15-7-16-19)18-12(8)21/h1-4,7-8H,5-6H2,(H,17,20)(H,15,16,18,21)/t8-/m0/s1. The number of nitrogens with one attached hydrogen (secondary N) is 2. The molecule has 1 aliphatic rings. The average Bonchev–Trinajstić information content (AvgIpc) is 2.89. The Kier molecular flexibility index (Phi) is 3.57. The number of benzene rings is 1. The molecule has 1 aliphatic heterocycles. The van der Waals surface area contributed by atoms with Crippen molar-refractivity contribution in [2.45, 2.75) is 13.0 Å². The molecule has 0 fully saturated rings. The molecule has 2 amide bonds. The van der Waals surface area contributed by atoms with Gasteiger partial charge in [0.1, 0.15) is 6.33 Å². The van der Waals surface area contributed by atoms with Crippen LogP contribution in [0.1, 0.15) is 6.42 Å². The fraction of sp³-hybridized carbons (Fsp3) is 0.231. The van der Waals surface area contributed by atoms with E-state index in [0.717, 1.165) is 0 Å². The number of hydrogen-bond donors (Lipinski definition) is 2. The third-order valence-corrected chi connectivity index (χ3v) is 3.52. The molecule has 0 spiro atoms. The first-order valence-electron chi connectivity index (χ1n) is 6.36. The minimum absolute atomic E-state index is 0.0519. The van der Waals surface area contributed by atoms with Crippen molar-refractivity contribution < 1.29 is 9.59 Å². The first-order chi connectivity index (χ1) is 10.1. The Hall–Kier alpha value is -2.41. The van der Waals surface area contributed by atoms with Gasteiger partial charge in [-0.3, -0.25) is 14.9 Å². The fourth-order valence-corrected chi connectivity index (χ4v) is 2.33. The Morgan fingerprint density at radius 3 is 3.10 bits per heavy atom. The quantitative estimate of drug-likeness (QED) is 0.900. The third kappa shape index (κ3) is 2.87. The number of nitrogens with zero attached hydrogens (tertiary/aromatic N) is 3. The van der Waals surface area contributed by atoms with E-state index in [9.17, 15) is 9.59 Å². The number of fused-ring (bicyclic) bond motifs is 1. The zero-order valence-corrected chi connectivity index (χ0v) is 11.7. The molecule has 2 N–H and O–H groups in total. The van der Waals surface area contributed by atoms with Crippen molar-refractivity contribution in [2.24, 2.45) is 5.92 Å². The summed E-state index contributed by atoms with van der Waals surface area (Å²) < 4.78 is 1.56. The molecule has 0 saturated carbocycles. The van der Waals surface area contributed by atoms with E-state index in [-0.39, 0.29) is 18.2 Å². The van der Waals surface area contributed by atoms with Gasteiger partial charge in [-0.05, 0) is 12.1 Å². The summed E-state index contributed by atoms with van der Waals surface area (Å²) in [5.41, 5.74) is 0.529. The van der Waals surface area contributed by atoms with Crippen LogP contribution in [0.3, 0.4) is 0 Å². The minimum Gasteiger partial charge on any atom is -0.325 e. The van der Waals surface area contributed by atoms with Crippen molar-refractivity contribution in [1.82, 2.24) is 14.8 Å². The maximum atomic E-state index is 12.0. The van der Waals surface area contributed by atoms with Gasteiger partial charge in [0.25, 0.3) is 0 Å². The molecule has 3 rings (SSSR count). The maximum Gasteiger partial charge on any atom is 0.232 e. The lowest BCUT2D eigenvalue weighted by Crippen LogP contribution is -2.36. The topological polar surface area (TPSA) is 88.9 Å². The summed E-state index contributed by atoms with van der Waals surface area (Å²) in [6, 6.07) is 6.94. The summed E-state index contributed by atoms with van der Waals surface area (Å²) in [5, 5.41) is 9.76. The van der Waals surface area contributed by atoms with Crippen LogP contribution in [0.15, 0.2) is 30.6 Å². The van der Waals surface area contributed by atoms with Crippen LogP contribution < -0.4 is 10.6 Å². The van der Waals surface area contributed by atoms with Crippen molar-refractivity contribution in [3.63, 3.8) is 0 Å². The van der Waals surface area contributed by atoms with Gasteiger partial charge in [0.15, 0.2) is 0 Å². The number of carbonyl (C=O) groups excluding carboxylic acids is 2. The molecule has 2 aromatic rings. The molecule has 7 nitrogen and oxygen atoms in total. The second-order valence-electron chi connectivity index (χ2n) is 4.68. The molecule has 0 saturated heterocycles. The summed E-state index contributed by atoms with van der Waals surface area (Å²) in [5.74, 6) is -0.582. The third-order valence-electron chi connectivity index (χ3n) is 3.19. The van der Waals surface area contributed by atoms with Gasteiger partial charge in [-0.1, -0.05) is 23.7 Å². The number of rotatable bonds is 3. The van der Waals surface area contributed by atoms with Gasteiger partial charge in [-0.25, -0.2) is 4.68 Å². The van der Waals surface area contributed by atoms with Gasteiger partial charge in [0.2, 0.25) is 17.8 Å². The predicted molar refractivity (Wildman–Crippen MR) is 76.8 cm³/mol. The lowest BCUT2D eigenvalue weighted by molar-refractivity contribution is -0.125.